The summed E-state index contributed by atoms with van der Waals surface area (Å²) in [6, 6.07) is 9.54. The topological polar surface area (TPSA) is 74.7 Å². The number of nitrogens with zero attached hydrogens (tertiary/aromatic N) is 4. The molecule has 11 heteroatoms. The Labute approximate surface area is 208 Å². The van der Waals surface area contributed by atoms with Crippen LogP contribution in [0.25, 0.3) is 12.2 Å². The summed E-state index contributed by atoms with van der Waals surface area (Å²) in [4.78, 5) is 13.0. The molecule has 0 fully saturated rings. The van der Waals surface area contributed by atoms with Crippen LogP contribution < -0.4 is 4.74 Å². The summed E-state index contributed by atoms with van der Waals surface area (Å²) in [6.07, 6.45) is 4.66. The van der Waals surface area contributed by atoms with E-state index in [4.69, 9.17) is 18.9 Å². The van der Waals surface area contributed by atoms with E-state index in [0.717, 1.165) is 17.7 Å². The van der Waals surface area contributed by atoms with Crippen LogP contribution in [-0.4, -0.2) is 27.0 Å². The maximum Gasteiger partial charge on any atom is 0.416 e. The van der Waals surface area contributed by atoms with Gasteiger partial charge in [0.25, 0.3) is 0 Å². The monoisotopic (exact) mass is 512 g/mol. The van der Waals surface area contributed by atoms with E-state index in [-0.39, 0.29) is 18.1 Å². The highest BCUT2D eigenvalue weighted by Gasteiger charge is 2.33. The van der Waals surface area contributed by atoms with Crippen molar-refractivity contribution < 1.29 is 31.5 Å². The van der Waals surface area contributed by atoms with Crippen LogP contribution in [0.3, 0.4) is 0 Å². The SMILES string of the molecule is CC1(n2ccnc2)COC(c2ccc(OCc3coc(/C=C/c4ccc(C(F)(F)F)cc4F)n3)cc2)=N1. The van der Waals surface area contributed by atoms with Gasteiger partial charge in [-0.3, -0.25) is 0 Å². The Bertz CT molecular complexity index is 1440. The van der Waals surface area contributed by atoms with Gasteiger partial charge in [0.1, 0.15) is 36.7 Å². The second-order valence-corrected chi connectivity index (χ2v) is 8.45. The Hall–Kier alpha value is -4.41. The third-order valence-corrected chi connectivity index (χ3v) is 5.68. The fraction of sp³-hybridized carbons (Fsp3) is 0.192. The van der Waals surface area contributed by atoms with E-state index >= 15 is 0 Å². The number of benzene rings is 2. The smallest absolute Gasteiger partial charge is 0.416 e. The molecule has 2 aromatic carbocycles. The molecule has 5 rings (SSSR count). The first-order chi connectivity index (χ1) is 17.7. The van der Waals surface area contributed by atoms with Crippen molar-refractivity contribution in [3.8, 4) is 5.75 Å². The Morgan fingerprint density at radius 3 is 2.65 bits per heavy atom. The number of oxazole rings is 1. The molecule has 3 heterocycles. The van der Waals surface area contributed by atoms with Crippen molar-refractivity contribution in [2.24, 2.45) is 4.99 Å². The van der Waals surface area contributed by atoms with Crippen molar-refractivity contribution in [3.63, 3.8) is 0 Å². The molecule has 0 amide bonds. The molecule has 1 atom stereocenters. The molecular weight excluding hydrogens is 492 g/mol. The van der Waals surface area contributed by atoms with Crippen molar-refractivity contribution in [3.05, 3.63) is 102 Å². The largest absolute Gasteiger partial charge is 0.487 e. The molecule has 7 nitrogen and oxygen atoms in total. The zero-order valence-corrected chi connectivity index (χ0v) is 19.4. The number of aromatic nitrogens is 3. The van der Waals surface area contributed by atoms with Crippen molar-refractivity contribution in [2.75, 3.05) is 6.61 Å². The number of alkyl halides is 3. The first-order valence-electron chi connectivity index (χ1n) is 11.1. The first-order valence-corrected chi connectivity index (χ1v) is 11.1. The average Bonchev–Trinajstić information content (AvgIpc) is 3.64. The summed E-state index contributed by atoms with van der Waals surface area (Å²) in [5, 5.41) is 0. The second-order valence-electron chi connectivity index (χ2n) is 8.45. The number of halogens is 4. The fourth-order valence-corrected chi connectivity index (χ4v) is 3.63. The van der Waals surface area contributed by atoms with Crippen LogP contribution in [0.15, 0.2) is 76.9 Å². The number of aliphatic imine (C=N–C) groups is 1. The van der Waals surface area contributed by atoms with Gasteiger partial charge in [0.05, 0.1) is 11.9 Å². The predicted octanol–water partition coefficient (Wildman–Crippen LogP) is 5.93. The standard InChI is InChI=1S/C26H20F4N4O3/c1-25(34-11-10-31-16-34)15-37-24(33-25)18-3-7-21(8-4-18)35-13-20-14-36-23(32-20)9-5-17-2-6-19(12-22(17)27)26(28,29)30/h2-12,14,16H,13,15H2,1H3/b9-5+. The molecular formula is C26H20F4N4O3. The summed E-state index contributed by atoms with van der Waals surface area (Å²) < 4.78 is 70.8. The van der Waals surface area contributed by atoms with Gasteiger partial charge in [-0.25, -0.2) is 19.4 Å². The average molecular weight is 512 g/mol. The number of imidazole rings is 1. The Kier molecular flexibility index (Phi) is 6.28. The Balaban J connectivity index is 1.18. The molecule has 0 N–H and O–H groups in total. The van der Waals surface area contributed by atoms with Gasteiger partial charge < -0.3 is 18.5 Å². The number of ether oxygens (including phenoxy) is 2. The van der Waals surface area contributed by atoms with Crippen LogP contribution in [0, 0.1) is 5.82 Å². The molecule has 1 unspecified atom stereocenters. The lowest BCUT2D eigenvalue weighted by atomic mass is 10.1. The van der Waals surface area contributed by atoms with Crippen LogP contribution in [0.4, 0.5) is 17.6 Å². The van der Waals surface area contributed by atoms with E-state index in [0.29, 0.717) is 30.0 Å². The zero-order valence-electron chi connectivity index (χ0n) is 19.4. The predicted molar refractivity (Wildman–Crippen MR) is 126 cm³/mol. The first kappa shape index (κ1) is 24.3. The Morgan fingerprint density at radius 1 is 1.14 bits per heavy atom. The van der Waals surface area contributed by atoms with E-state index in [1.54, 1.807) is 24.7 Å². The van der Waals surface area contributed by atoms with Gasteiger partial charge in [0.2, 0.25) is 11.8 Å². The van der Waals surface area contributed by atoms with Gasteiger partial charge >= 0.3 is 6.18 Å². The minimum Gasteiger partial charge on any atom is -0.487 e. The minimum atomic E-state index is -4.61. The van der Waals surface area contributed by atoms with Gasteiger partial charge in [-0.1, -0.05) is 6.07 Å². The van der Waals surface area contributed by atoms with Crippen LogP contribution in [0.2, 0.25) is 0 Å². The zero-order chi connectivity index (χ0) is 26.0. The fourth-order valence-electron chi connectivity index (χ4n) is 3.63. The second kappa shape index (κ2) is 9.57. The molecule has 2 aromatic heterocycles. The lowest BCUT2D eigenvalue weighted by Gasteiger charge is -2.19. The lowest BCUT2D eigenvalue weighted by molar-refractivity contribution is -0.137. The highest BCUT2D eigenvalue weighted by Crippen LogP contribution is 2.31. The van der Waals surface area contributed by atoms with Gasteiger partial charge in [-0.05, 0) is 49.4 Å². The number of hydrogen-bond acceptors (Lipinski definition) is 6. The normalized spacial score (nSPS) is 17.7. The molecule has 0 bridgehead atoms. The summed E-state index contributed by atoms with van der Waals surface area (Å²) in [5.41, 5.74) is -0.345. The summed E-state index contributed by atoms with van der Waals surface area (Å²) in [6.45, 7) is 2.47. The van der Waals surface area contributed by atoms with E-state index in [1.165, 1.54) is 18.4 Å². The van der Waals surface area contributed by atoms with E-state index < -0.39 is 23.2 Å². The van der Waals surface area contributed by atoms with Gasteiger partial charge in [0, 0.05) is 29.6 Å². The molecule has 1 aliphatic heterocycles. The van der Waals surface area contributed by atoms with Crippen LogP contribution in [-0.2, 0) is 23.2 Å². The van der Waals surface area contributed by atoms with E-state index in [2.05, 4.69) is 9.97 Å². The lowest BCUT2D eigenvalue weighted by Crippen LogP contribution is -2.27. The highest BCUT2D eigenvalue weighted by molar-refractivity contribution is 5.95. The molecule has 0 radical (unpaired) electrons. The molecule has 1 aliphatic rings. The van der Waals surface area contributed by atoms with Gasteiger partial charge in [-0.15, -0.1) is 0 Å². The molecule has 4 aromatic rings. The van der Waals surface area contributed by atoms with Gasteiger partial charge in [-0.2, -0.15) is 13.2 Å². The number of hydrogen-bond donors (Lipinski definition) is 0. The number of rotatable bonds is 7. The molecule has 37 heavy (non-hydrogen) atoms. The van der Waals surface area contributed by atoms with Crippen molar-refractivity contribution in [1.82, 2.24) is 14.5 Å². The van der Waals surface area contributed by atoms with Crippen LogP contribution in [0.5, 0.6) is 5.75 Å². The summed E-state index contributed by atoms with van der Waals surface area (Å²) in [7, 11) is 0. The third kappa shape index (κ3) is 5.40. The maximum absolute atomic E-state index is 14.0. The van der Waals surface area contributed by atoms with Crippen molar-refractivity contribution in [1.29, 1.82) is 0 Å². The van der Waals surface area contributed by atoms with Crippen molar-refractivity contribution >= 4 is 18.0 Å². The van der Waals surface area contributed by atoms with Crippen LogP contribution >= 0.6 is 0 Å². The van der Waals surface area contributed by atoms with Crippen molar-refractivity contribution in [2.45, 2.75) is 25.4 Å². The summed E-state index contributed by atoms with van der Waals surface area (Å²) >= 11 is 0. The van der Waals surface area contributed by atoms with Crippen LogP contribution in [0.1, 0.15) is 35.2 Å². The molecule has 0 saturated carbocycles. The quantitative estimate of drug-likeness (QED) is 0.287. The third-order valence-electron chi connectivity index (χ3n) is 5.68. The molecule has 190 valence electrons. The highest BCUT2D eigenvalue weighted by atomic mass is 19.4. The molecule has 0 saturated heterocycles. The minimum absolute atomic E-state index is 0.0229. The maximum atomic E-state index is 14.0. The van der Waals surface area contributed by atoms with E-state index in [1.807, 2.05) is 29.8 Å². The van der Waals surface area contributed by atoms with Gasteiger partial charge in [0.15, 0.2) is 5.66 Å². The molecule has 0 aliphatic carbocycles. The van der Waals surface area contributed by atoms with E-state index in [9.17, 15) is 17.6 Å². The molecule has 0 spiro atoms. The summed E-state index contributed by atoms with van der Waals surface area (Å²) in [5.74, 6) is 0.280. The Morgan fingerprint density at radius 2 is 1.95 bits per heavy atom.